The van der Waals surface area contributed by atoms with E-state index in [2.05, 4.69) is 5.32 Å². The van der Waals surface area contributed by atoms with E-state index in [9.17, 15) is 4.79 Å². The Hall–Kier alpha value is -1.07. The first-order valence-corrected chi connectivity index (χ1v) is 8.51. The molecule has 1 aliphatic rings. The molecule has 1 atom stereocenters. The molecular formula is C17H21Cl2NO3. The minimum atomic E-state index is -0.180. The van der Waals surface area contributed by atoms with Crippen LogP contribution in [0.4, 0.5) is 0 Å². The summed E-state index contributed by atoms with van der Waals surface area (Å²) < 4.78 is 11.0. The monoisotopic (exact) mass is 357 g/mol. The van der Waals surface area contributed by atoms with Crippen molar-refractivity contribution in [3.05, 3.63) is 39.9 Å². The molecule has 0 saturated carbocycles. The van der Waals surface area contributed by atoms with Crippen LogP contribution in [-0.2, 0) is 14.3 Å². The zero-order valence-electron chi connectivity index (χ0n) is 12.9. The largest absolute Gasteiger partial charge is 0.379 e. The van der Waals surface area contributed by atoms with E-state index in [-0.39, 0.29) is 12.0 Å². The fourth-order valence-corrected chi connectivity index (χ4v) is 2.79. The van der Waals surface area contributed by atoms with Crippen molar-refractivity contribution in [1.29, 1.82) is 0 Å². The maximum absolute atomic E-state index is 11.7. The molecule has 0 radical (unpaired) electrons. The number of amides is 1. The predicted molar refractivity (Wildman–Crippen MR) is 92.9 cm³/mol. The van der Waals surface area contributed by atoms with Crippen molar-refractivity contribution in [2.45, 2.75) is 25.4 Å². The Balaban J connectivity index is 1.60. The second-order valence-corrected chi connectivity index (χ2v) is 6.14. The van der Waals surface area contributed by atoms with Gasteiger partial charge in [-0.1, -0.05) is 29.3 Å². The number of rotatable bonds is 8. The Kier molecular flexibility index (Phi) is 7.89. The van der Waals surface area contributed by atoms with Crippen LogP contribution in [-0.4, -0.2) is 38.4 Å². The summed E-state index contributed by atoms with van der Waals surface area (Å²) >= 11 is 12.1. The van der Waals surface area contributed by atoms with Gasteiger partial charge in [0.25, 0.3) is 0 Å². The van der Waals surface area contributed by atoms with Crippen LogP contribution in [0.1, 0.15) is 24.8 Å². The molecular weight excluding hydrogens is 337 g/mol. The number of carbonyl (C=O) groups excluding carboxylic acids is 1. The highest BCUT2D eigenvalue weighted by atomic mass is 35.5. The van der Waals surface area contributed by atoms with Crippen molar-refractivity contribution in [2.24, 2.45) is 0 Å². The second kappa shape index (κ2) is 9.93. The van der Waals surface area contributed by atoms with Crippen LogP contribution in [0.3, 0.4) is 0 Å². The first kappa shape index (κ1) is 18.3. The molecule has 1 amide bonds. The standard InChI is InChI=1S/C17H21Cl2NO3/c18-15-5-1-6-16(19)14(15)7-8-17(21)20-9-3-10-22-12-13-4-2-11-23-13/h1,5-8,13H,2-4,9-12H2,(H,20,21)/b8-7+. The van der Waals surface area contributed by atoms with Gasteiger partial charge in [0.05, 0.1) is 12.7 Å². The molecule has 6 heteroatoms. The van der Waals surface area contributed by atoms with Gasteiger partial charge in [-0.2, -0.15) is 0 Å². The van der Waals surface area contributed by atoms with Crippen LogP contribution < -0.4 is 5.32 Å². The molecule has 126 valence electrons. The first-order valence-electron chi connectivity index (χ1n) is 7.76. The molecule has 1 aromatic rings. The Labute approximate surface area is 146 Å². The summed E-state index contributed by atoms with van der Waals surface area (Å²) in [6.07, 6.45) is 6.25. The molecule has 1 fully saturated rings. The highest BCUT2D eigenvalue weighted by Crippen LogP contribution is 2.25. The summed E-state index contributed by atoms with van der Waals surface area (Å²) in [4.78, 5) is 11.7. The SMILES string of the molecule is O=C(/C=C/c1c(Cl)cccc1Cl)NCCCOCC1CCCO1. The molecule has 1 aromatic carbocycles. The molecule has 2 rings (SSSR count). The minimum absolute atomic E-state index is 0.180. The van der Waals surface area contributed by atoms with E-state index in [1.165, 1.54) is 6.08 Å². The molecule has 0 bridgehead atoms. The van der Waals surface area contributed by atoms with Gasteiger partial charge in [0, 0.05) is 41.4 Å². The molecule has 0 spiro atoms. The Morgan fingerprint density at radius 3 is 2.87 bits per heavy atom. The van der Waals surface area contributed by atoms with Gasteiger partial charge in [0.1, 0.15) is 0 Å². The summed E-state index contributed by atoms with van der Waals surface area (Å²) in [6, 6.07) is 5.23. The summed E-state index contributed by atoms with van der Waals surface area (Å²) in [5, 5.41) is 3.83. The molecule has 1 N–H and O–H groups in total. The quantitative estimate of drug-likeness (QED) is 0.569. The van der Waals surface area contributed by atoms with Gasteiger partial charge >= 0.3 is 0 Å². The molecule has 1 heterocycles. The Morgan fingerprint density at radius 2 is 2.17 bits per heavy atom. The molecule has 0 aliphatic carbocycles. The molecule has 4 nitrogen and oxygen atoms in total. The number of ether oxygens (including phenoxy) is 2. The van der Waals surface area contributed by atoms with Crippen molar-refractivity contribution < 1.29 is 14.3 Å². The van der Waals surface area contributed by atoms with E-state index in [1.807, 2.05) is 0 Å². The van der Waals surface area contributed by atoms with Gasteiger partial charge in [0.15, 0.2) is 0 Å². The number of halogens is 2. The van der Waals surface area contributed by atoms with Crippen LogP contribution in [0.5, 0.6) is 0 Å². The number of nitrogens with one attached hydrogen (secondary N) is 1. The summed E-state index contributed by atoms with van der Waals surface area (Å²) in [5.41, 5.74) is 0.644. The third kappa shape index (κ3) is 6.51. The summed E-state index contributed by atoms with van der Waals surface area (Å²) in [6.45, 7) is 2.65. The minimum Gasteiger partial charge on any atom is -0.379 e. The van der Waals surface area contributed by atoms with Crippen molar-refractivity contribution in [3.63, 3.8) is 0 Å². The van der Waals surface area contributed by atoms with Gasteiger partial charge in [0.2, 0.25) is 5.91 Å². The van der Waals surface area contributed by atoms with E-state index in [1.54, 1.807) is 24.3 Å². The van der Waals surface area contributed by atoms with E-state index < -0.39 is 0 Å². The molecule has 0 aromatic heterocycles. The van der Waals surface area contributed by atoms with Crippen LogP contribution in [0, 0.1) is 0 Å². The van der Waals surface area contributed by atoms with Crippen molar-refractivity contribution in [3.8, 4) is 0 Å². The van der Waals surface area contributed by atoms with Crippen LogP contribution in [0.15, 0.2) is 24.3 Å². The van der Waals surface area contributed by atoms with Crippen molar-refractivity contribution >= 4 is 35.2 Å². The number of carbonyl (C=O) groups is 1. The lowest BCUT2D eigenvalue weighted by Gasteiger charge is -2.09. The maximum atomic E-state index is 11.7. The molecule has 1 unspecified atom stereocenters. The molecule has 1 saturated heterocycles. The van der Waals surface area contributed by atoms with Crippen LogP contribution in [0.2, 0.25) is 10.0 Å². The predicted octanol–water partition coefficient (Wildman–Crippen LogP) is 3.71. The summed E-state index contributed by atoms with van der Waals surface area (Å²) in [5.74, 6) is -0.180. The number of hydrogen-bond donors (Lipinski definition) is 1. The number of benzene rings is 1. The van der Waals surface area contributed by atoms with Gasteiger partial charge in [-0.25, -0.2) is 0 Å². The molecule has 1 aliphatic heterocycles. The Bertz CT molecular complexity index is 522. The zero-order valence-corrected chi connectivity index (χ0v) is 14.4. The fourth-order valence-electron chi connectivity index (χ4n) is 2.26. The average molecular weight is 358 g/mol. The zero-order chi connectivity index (χ0) is 16.5. The third-order valence-electron chi connectivity index (χ3n) is 3.49. The van der Waals surface area contributed by atoms with Gasteiger partial charge in [-0.05, 0) is 37.5 Å². The van der Waals surface area contributed by atoms with E-state index in [4.69, 9.17) is 32.7 Å². The topological polar surface area (TPSA) is 47.6 Å². The highest BCUT2D eigenvalue weighted by Gasteiger charge is 2.14. The van der Waals surface area contributed by atoms with Crippen LogP contribution >= 0.6 is 23.2 Å². The van der Waals surface area contributed by atoms with E-state index >= 15 is 0 Å². The average Bonchev–Trinajstić information content (AvgIpc) is 3.03. The van der Waals surface area contributed by atoms with Gasteiger partial charge in [-0.3, -0.25) is 4.79 Å². The highest BCUT2D eigenvalue weighted by molar-refractivity contribution is 6.37. The van der Waals surface area contributed by atoms with E-state index in [0.717, 1.165) is 25.9 Å². The smallest absolute Gasteiger partial charge is 0.244 e. The van der Waals surface area contributed by atoms with Crippen molar-refractivity contribution in [1.82, 2.24) is 5.32 Å². The van der Waals surface area contributed by atoms with Gasteiger partial charge in [-0.15, -0.1) is 0 Å². The first-order chi connectivity index (χ1) is 11.2. The fraction of sp³-hybridized carbons (Fsp3) is 0.471. The lowest BCUT2D eigenvalue weighted by molar-refractivity contribution is -0.116. The Morgan fingerprint density at radius 1 is 1.39 bits per heavy atom. The summed E-state index contributed by atoms with van der Waals surface area (Å²) in [7, 11) is 0. The third-order valence-corrected chi connectivity index (χ3v) is 4.15. The van der Waals surface area contributed by atoms with Crippen LogP contribution in [0.25, 0.3) is 6.08 Å². The second-order valence-electron chi connectivity index (χ2n) is 5.32. The molecule has 23 heavy (non-hydrogen) atoms. The van der Waals surface area contributed by atoms with Gasteiger partial charge < -0.3 is 14.8 Å². The lowest BCUT2D eigenvalue weighted by atomic mass is 10.2. The normalized spacial score (nSPS) is 17.7. The number of hydrogen-bond acceptors (Lipinski definition) is 3. The maximum Gasteiger partial charge on any atom is 0.244 e. The lowest BCUT2D eigenvalue weighted by Crippen LogP contribution is -2.23. The van der Waals surface area contributed by atoms with E-state index in [0.29, 0.717) is 35.4 Å². The van der Waals surface area contributed by atoms with Crippen molar-refractivity contribution in [2.75, 3.05) is 26.4 Å².